The van der Waals surface area contributed by atoms with Crippen LogP contribution in [0.15, 0.2) is 70.6 Å². The summed E-state index contributed by atoms with van der Waals surface area (Å²) in [6.07, 6.45) is 4.42. The molecule has 1 N–H and O–H groups in total. The Kier molecular flexibility index (Phi) is 6.24. The van der Waals surface area contributed by atoms with Crippen LogP contribution in [-0.4, -0.2) is 37.9 Å². The highest BCUT2D eigenvalue weighted by atomic mass is 32.2. The Hall–Kier alpha value is -2.66. The smallest absolute Gasteiger partial charge is 0.241 e. The largest absolute Gasteiger partial charge is 0.490 e. The van der Waals surface area contributed by atoms with Gasteiger partial charge in [0.1, 0.15) is 15.4 Å². The molecule has 2 aromatic carbocycles. The maximum Gasteiger partial charge on any atom is 0.241 e. The quantitative estimate of drug-likeness (QED) is 0.387. The van der Waals surface area contributed by atoms with Gasteiger partial charge in [0.25, 0.3) is 0 Å². The topological polar surface area (TPSA) is 90.4 Å². The first-order valence-corrected chi connectivity index (χ1v) is 13.8. The van der Waals surface area contributed by atoms with Gasteiger partial charge in [-0.25, -0.2) is 18.4 Å². The molecule has 0 saturated heterocycles. The molecule has 2 aromatic heterocycles. The number of nitrogens with zero attached hydrogens (tertiary/aromatic N) is 2. The highest BCUT2D eigenvalue weighted by Crippen LogP contribution is 2.36. The van der Waals surface area contributed by atoms with Gasteiger partial charge in [-0.15, -0.1) is 11.8 Å². The summed E-state index contributed by atoms with van der Waals surface area (Å²) in [5.41, 5.74) is 1.57. The minimum absolute atomic E-state index is 0.109. The third kappa shape index (κ3) is 4.56. The van der Waals surface area contributed by atoms with Crippen LogP contribution in [0.2, 0.25) is 0 Å². The molecule has 3 heterocycles. The second kappa shape index (κ2) is 9.30. The molecule has 0 saturated carbocycles. The van der Waals surface area contributed by atoms with Crippen LogP contribution >= 0.6 is 23.1 Å². The highest BCUT2D eigenvalue weighted by molar-refractivity contribution is 7.98. The van der Waals surface area contributed by atoms with Gasteiger partial charge in [0.05, 0.1) is 24.2 Å². The SMILES string of the molecule is CSc1ccccc1[C@@H](NS(=O)(=O)c1ccc2c(c1)OCCCO2)c1nc2cccnc2s1. The molecule has 170 valence electrons. The lowest BCUT2D eigenvalue weighted by Gasteiger charge is -2.20. The van der Waals surface area contributed by atoms with Crippen LogP contribution in [0.1, 0.15) is 23.0 Å². The highest BCUT2D eigenvalue weighted by Gasteiger charge is 2.28. The summed E-state index contributed by atoms with van der Waals surface area (Å²) in [7, 11) is -3.91. The lowest BCUT2D eigenvalue weighted by atomic mass is 10.1. The molecule has 5 rings (SSSR count). The fourth-order valence-electron chi connectivity index (χ4n) is 3.60. The first-order valence-electron chi connectivity index (χ1n) is 10.3. The van der Waals surface area contributed by atoms with Crippen LogP contribution in [0, 0.1) is 0 Å². The molecule has 10 heteroatoms. The van der Waals surface area contributed by atoms with Crippen molar-refractivity contribution in [3.8, 4) is 11.5 Å². The first-order chi connectivity index (χ1) is 16.0. The van der Waals surface area contributed by atoms with Crippen LogP contribution in [0.5, 0.6) is 11.5 Å². The van der Waals surface area contributed by atoms with Crippen molar-refractivity contribution in [2.24, 2.45) is 0 Å². The molecule has 1 aliphatic heterocycles. The van der Waals surface area contributed by atoms with Crippen LogP contribution < -0.4 is 14.2 Å². The molecular weight excluding hydrogens is 478 g/mol. The third-order valence-electron chi connectivity index (χ3n) is 5.18. The number of nitrogens with one attached hydrogen (secondary N) is 1. The number of sulfonamides is 1. The monoisotopic (exact) mass is 499 g/mol. The predicted octanol–water partition coefficient (Wildman–Crippen LogP) is 4.64. The van der Waals surface area contributed by atoms with E-state index in [4.69, 9.17) is 14.5 Å². The average molecular weight is 500 g/mol. The van der Waals surface area contributed by atoms with E-state index in [1.54, 1.807) is 24.0 Å². The van der Waals surface area contributed by atoms with E-state index in [2.05, 4.69) is 9.71 Å². The number of benzene rings is 2. The molecule has 0 amide bonds. The van der Waals surface area contributed by atoms with Crippen molar-refractivity contribution < 1.29 is 17.9 Å². The molecule has 0 aliphatic carbocycles. The van der Waals surface area contributed by atoms with Crippen LogP contribution in [0.25, 0.3) is 10.3 Å². The fraction of sp³-hybridized carbons (Fsp3) is 0.217. The van der Waals surface area contributed by atoms with Crippen LogP contribution in [0.3, 0.4) is 0 Å². The van der Waals surface area contributed by atoms with Crippen molar-refractivity contribution in [2.75, 3.05) is 19.5 Å². The lowest BCUT2D eigenvalue weighted by molar-refractivity contribution is 0.297. The Labute approximate surface area is 200 Å². The summed E-state index contributed by atoms with van der Waals surface area (Å²) in [4.78, 5) is 10.9. The van der Waals surface area contributed by atoms with Gasteiger partial charge in [0.15, 0.2) is 11.5 Å². The van der Waals surface area contributed by atoms with Gasteiger partial charge in [0, 0.05) is 23.6 Å². The van der Waals surface area contributed by atoms with Crippen LogP contribution in [-0.2, 0) is 10.0 Å². The molecular formula is C23H21N3O4S3. The summed E-state index contributed by atoms with van der Waals surface area (Å²) in [5.74, 6) is 0.980. The number of hydrogen-bond acceptors (Lipinski definition) is 8. The number of pyridine rings is 1. The van der Waals surface area contributed by atoms with Crippen molar-refractivity contribution in [2.45, 2.75) is 22.3 Å². The van der Waals surface area contributed by atoms with Gasteiger partial charge in [0.2, 0.25) is 10.0 Å². The van der Waals surface area contributed by atoms with Gasteiger partial charge in [-0.3, -0.25) is 0 Å². The number of rotatable bonds is 6. The molecule has 1 aliphatic rings. The second-order valence-electron chi connectivity index (χ2n) is 7.34. The standard InChI is InChI=1S/C23H21N3O4S3/c1-31-20-8-3-2-6-16(20)21(23-25-17-7-4-11-24-22(17)32-23)26-33(27,28)15-9-10-18-19(14-15)30-13-5-12-29-18/h2-4,6-11,14,21,26H,5,12-13H2,1H3/t21-/m1/s1. The Morgan fingerprint density at radius 1 is 1.06 bits per heavy atom. The van der Waals surface area contributed by atoms with Crippen molar-refractivity contribution >= 4 is 43.5 Å². The normalized spacial score (nSPS) is 14.7. The lowest BCUT2D eigenvalue weighted by Crippen LogP contribution is -2.29. The molecule has 0 spiro atoms. The minimum atomic E-state index is -3.91. The van der Waals surface area contributed by atoms with Gasteiger partial charge < -0.3 is 9.47 Å². The molecule has 33 heavy (non-hydrogen) atoms. The summed E-state index contributed by atoms with van der Waals surface area (Å²) < 4.78 is 41.3. The van der Waals surface area contributed by atoms with E-state index < -0.39 is 16.1 Å². The number of hydrogen-bond donors (Lipinski definition) is 1. The zero-order chi connectivity index (χ0) is 22.8. The van der Waals surface area contributed by atoms with Gasteiger partial charge in [-0.2, -0.15) is 4.72 Å². The Balaban J connectivity index is 1.57. The maximum absolute atomic E-state index is 13.5. The summed E-state index contributed by atoms with van der Waals surface area (Å²) in [6, 6.07) is 15.4. The van der Waals surface area contributed by atoms with Crippen molar-refractivity contribution in [3.05, 3.63) is 71.4 Å². The Bertz CT molecular complexity index is 1370. The number of thioether (sulfide) groups is 1. The second-order valence-corrected chi connectivity index (χ2v) is 10.9. The van der Waals surface area contributed by atoms with Crippen molar-refractivity contribution in [1.82, 2.24) is 14.7 Å². The molecule has 0 unspecified atom stereocenters. The van der Waals surface area contributed by atoms with Crippen molar-refractivity contribution in [1.29, 1.82) is 0 Å². The summed E-state index contributed by atoms with van der Waals surface area (Å²) in [5, 5.41) is 0.628. The van der Waals surface area contributed by atoms with E-state index in [0.29, 0.717) is 29.7 Å². The zero-order valence-electron chi connectivity index (χ0n) is 17.7. The summed E-state index contributed by atoms with van der Waals surface area (Å²) in [6.45, 7) is 1.02. The van der Waals surface area contributed by atoms with Gasteiger partial charge >= 0.3 is 0 Å². The molecule has 1 atom stereocenters. The van der Waals surface area contributed by atoms with E-state index in [0.717, 1.165) is 27.2 Å². The van der Waals surface area contributed by atoms with E-state index >= 15 is 0 Å². The first kappa shape index (κ1) is 22.1. The molecule has 4 aromatic rings. The van der Waals surface area contributed by atoms with E-state index in [9.17, 15) is 8.42 Å². The summed E-state index contributed by atoms with van der Waals surface area (Å²) >= 11 is 2.94. The molecule has 0 radical (unpaired) electrons. The number of thiazole rings is 1. The third-order valence-corrected chi connectivity index (χ3v) is 8.46. The van der Waals surface area contributed by atoms with Gasteiger partial charge in [-0.1, -0.05) is 29.5 Å². The van der Waals surface area contributed by atoms with Crippen molar-refractivity contribution in [3.63, 3.8) is 0 Å². The fourth-order valence-corrected chi connectivity index (χ4v) is 6.48. The molecule has 0 bridgehead atoms. The van der Waals surface area contributed by atoms with E-state index in [-0.39, 0.29) is 4.90 Å². The number of aromatic nitrogens is 2. The maximum atomic E-state index is 13.5. The number of fused-ring (bicyclic) bond motifs is 2. The zero-order valence-corrected chi connectivity index (χ0v) is 20.2. The Morgan fingerprint density at radius 3 is 2.70 bits per heavy atom. The predicted molar refractivity (Wildman–Crippen MR) is 130 cm³/mol. The average Bonchev–Trinajstić information content (AvgIpc) is 3.12. The van der Waals surface area contributed by atoms with Gasteiger partial charge in [-0.05, 0) is 42.2 Å². The minimum Gasteiger partial charge on any atom is -0.490 e. The van der Waals surface area contributed by atoms with E-state index in [1.807, 2.05) is 42.7 Å². The van der Waals surface area contributed by atoms with E-state index in [1.165, 1.54) is 23.5 Å². The van der Waals surface area contributed by atoms with Crippen LogP contribution in [0.4, 0.5) is 0 Å². The Morgan fingerprint density at radius 2 is 1.88 bits per heavy atom. The molecule has 7 nitrogen and oxygen atoms in total. The number of ether oxygens (including phenoxy) is 2. The molecule has 0 fully saturated rings.